The number of hydrogen-bond acceptors (Lipinski definition) is 0. The monoisotopic (exact) mass is 228 g/mol. The van der Waals surface area contributed by atoms with Crippen molar-refractivity contribution in [1.82, 2.24) is 0 Å². The summed E-state index contributed by atoms with van der Waals surface area (Å²) in [6.45, 7) is 0. The van der Waals surface area contributed by atoms with E-state index >= 15 is 0 Å². The van der Waals surface area contributed by atoms with E-state index in [1.807, 2.05) is 0 Å². The predicted octanol–water partition coefficient (Wildman–Crippen LogP) is 3.11. The van der Waals surface area contributed by atoms with Gasteiger partial charge in [0.25, 0.3) is 0 Å². The Morgan fingerprint density at radius 1 is 0.714 bits per heavy atom. The average Bonchev–Trinajstić information content (AvgIpc) is 0.918. The van der Waals surface area contributed by atoms with Gasteiger partial charge < -0.3 is 0 Å². The zero-order chi connectivity index (χ0) is 2.71. The van der Waals surface area contributed by atoms with Crippen molar-refractivity contribution in [3.05, 3.63) is 0 Å². The minimum Gasteiger partial charge on any atom is -0.147 e. The second kappa shape index (κ2) is 46.8. The zero-order valence-corrected chi connectivity index (χ0v) is 7.87. The Hall–Kier alpha value is 1.74. The highest BCUT2D eigenvalue weighted by Crippen LogP contribution is 1.73. The van der Waals surface area contributed by atoms with Gasteiger partial charge in [-0.15, -0.1) is 72.8 Å². The van der Waals surface area contributed by atoms with Crippen LogP contribution in [0.25, 0.3) is 0 Å². The first kappa shape index (κ1) is 37.4. The predicted molar refractivity (Wildman–Crippen MR) is 45.6 cm³/mol. The highest BCUT2D eigenvalue weighted by atomic mass is 35.5. The smallest absolute Gasteiger partial charge is 0.0967 e. The molecule has 0 unspecified atom stereocenters. The molecule has 0 bridgehead atoms. The lowest BCUT2D eigenvalue weighted by molar-refractivity contribution is 2.20. The Kier molecular flexibility index (Phi) is 250. The molecule has 52 valence electrons. The normalized spacial score (nSPS) is 2.57. The molecule has 0 rings (SSSR count). The Labute approximate surface area is 78.0 Å². The van der Waals surface area contributed by atoms with Gasteiger partial charge in [0.15, 0.2) is 0 Å². The maximum absolute atomic E-state index is 4.76. The molecule has 0 saturated carbocycles. The number of hydrogen-bond donors (Lipinski definition) is 0. The largest absolute Gasteiger partial charge is 0.147 e. The third-order valence-electron chi connectivity index (χ3n) is 0. The van der Waals surface area contributed by atoms with Crippen molar-refractivity contribution in [1.29, 1.82) is 0 Å². The Morgan fingerprint density at radius 2 is 0.714 bits per heavy atom. The van der Waals surface area contributed by atoms with Crippen molar-refractivity contribution in [2.75, 3.05) is 5.34 Å². The SMILES string of the molecule is Cl.Cl.Cl.Cl.ClCCl. The number of halogens is 6. The molecule has 0 aromatic rings. The maximum atomic E-state index is 4.76. The molecule has 0 amide bonds. The molecule has 0 spiro atoms. The van der Waals surface area contributed by atoms with Gasteiger partial charge >= 0.3 is 0 Å². The zero-order valence-electron chi connectivity index (χ0n) is 3.10. The van der Waals surface area contributed by atoms with Crippen LogP contribution in [0.2, 0.25) is 0 Å². The molecule has 0 atom stereocenters. The van der Waals surface area contributed by atoms with E-state index in [-0.39, 0.29) is 55.0 Å². The third kappa shape index (κ3) is 84.2. The Bertz CT molecular complexity index is 4.14. The first-order chi connectivity index (χ1) is 1.41. The molecule has 0 fully saturated rings. The lowest BCUT2D eigenvalue weighted by atomic mass is 11.9. The van der Waals surface area contributed by atoms with Crippen molar-refractivity contribution >= 4 is 72.8 Å². The summed E-state index contributed by atoms with van der Waals surface area (Å²) in [7, 11) is 0. The summed E-state index contributed by atoms with van der Waals surface area (Å²) in [6.07, 6.45) is 0. The molecule has 0 saturated heterocycles. The second-order valence-electron chi connectivity index (χ2n) is 0.101. The van der Waals surface area contributed by atoms with E-state index in [9.17, 15) is 0 Å². The first-order valence-corrected chi connectivity index (χ1v) is 1.60. The van der Waals surface area contributed by atoms with Crippen molar-refractivity contribution < 1.29 is 0 Å². The van der Waals surface area contributed by atoms with Crippen LogP contribution in [0.15, 0.2) is 0 Å². The van der Waals surface area contributed by atoms with Crippen LogP contribution in [-0.4, -0.2) is 5.34 Å². The molecular weight excluding hydrogens is 225 g/mol. The molecule has 0 aliphatic rings. The summed E-state index contributed by atoms with van der Waals surface area (Å²) in [5.41, 5.74) is 0. The van der Waals surface area contributed by atoms with E-state index < -0.39 is 0 Å². The van der Waals surface area contributed by atoms with Crippen LogP contribution in [0, 0.1) is 0 Å². The maximum Gasteiger partial charge on any atom is 0.0967 e. The van der Waals surface area contributed by atoms with Gasteiger partial charge in [-0.25, -0.2) is 0 Å². The number of rotatable bonds is 0. The topological polar surface area (TPSA) is 0 Å². The Balaban J connectivity index is -0.00000000333. The van der Waals surface area contributed by atoms with Gasteiger partial charge in [-0.1, -0.05) is 0 Å². The summed E-state index contributed by atoms with van der Waals surface area (Å²) in [5.74, 6) is 0. The summed E-state index contributed by atoms with van der Waals surface area (Å²) in [4.78, 5) is 0. The molecule has 7 heavy (non-hydrogen) atoms. The van der Waals surface area contributed by atoms with Crippen molar-refractivity contribution in [2.24, 2.45) is 0 Å². The van der Waals surface area contributed by atoms with Gasteiger partial charge in [-0.3, -0.25) is 0 Å². The van der Waals surface area contributed by atoms with E-state index in [0.29, 0.717) is 0 Å². The van der Waals surface area contributed by atoms with Crippen LogP contribution in [0.4, 0.5) is 0 Å². The molecular formula is CH6Cl6. The van der Waals surface area contributed by atoms with E-state index in [4.69, 9.17) is 23.2 Å². The first-order valence-electron chi connectivity index (χ1n) is 0.535. The molecule has 0 aliphatic carbocycles. The van der Waals surface area contributed by atoms with Crippen LogP contribution in [0.3, 0.4) is 0 Å². The summed E-state index contributed by atoms with van der Waals surface area (Å²) in [5, 5.41) is 0.194. The fraction of sp³-hybridized carbons (Fsp3) is 1.00. The van der Waals surface area contributed by atoms with E-state index in [2.05, 4.69) is 0 Å². The van der Waals surface area contributed by atoms with Crippen molar-refractivity contribution in [3.63, 3.8) is 0 Å². The number of alkyl halides is 2. The molecule has 0 heterocycles. The second-order valence-corrected chi connectivity index (χ2v) is 0.909. The van der Waals surface area contributed by atoms with Crippen LogP contribution >= 0.6 is 72.8 Å². The van der Waals surface area contributed by atoms with E-state index in [1.165, 1.54) is 0 Å². The molecule has 6 heteroatoms. The molecule has 0 aromatic carbocycles. The van der Waals surface area contributed by atoms with Gasteiger partial charge in [0.1, 0.15) is 0 Å². The minimum absolute atomic E-state index is 0. The van der Waals surface area contributed by atoms with Crippen LogP contribution in [-0.2, 0) is 0 Å². The van der Waals surface area contributed by atoms with Gasteiger partial charge in [-0.05, 0) is 0 Å². The van der Waals surface area contributed by atoms with Gasteiger partial charge in [-0.2, -0.15) is 0 Å². The summed E-state index contributed by atoms with van der Waals surface area (Å²) in [6, 6.07) is 0. The van der Waals surface area contributed by atoms with Gasteiger partial charge in [0.2, 0.25) is 0 Å². The molecule has 0 aliphatic heterocycles. The highest BCUT2D eigenvalue weighted by molar-refractivity contribution is 6.40. The van der Waals surface area contributed by atoms with Crippen LogP contribution in [0.1, 0.15) is 0 Å². The van der Waals surface area contributed by atoms with E-state index in [1.54, 1.807) is 0 Å². The fourth-order valence-electron chi connectivity index (χ4n) is 0. The lowest BCUT2D eigenvalue weighted by Gasteiger charge is -1.42. The minimum atomic E-state index is 0. The fourth-order valence-corrected chi connectivity index (χ4v) is 0. The third-order valence-corrected chi connectivity index (χ3v) is 0. The summed E-state index contributed by atoms with van der Waals surface area (Å²) < 4.78 is 0. The quantitative estimate of drug-likeness (QED) is 0.561. The summed E-state index contributed by atoms with van der Waals surface area (Å²) >= 11 is 9.53. The lowest BCUT2D eigenvalue weighted by Crippen LogP contribution is -1.24. The average molecular weight is 231 g/mol. The molecule has 0 nitrogen and oxygen atoms in total. The highest BCUT2D eigenvalue weighted by Gasteiger charge is 1.41. The van der Waals surface area contributed by atoms with Crippen LogP contribution < -0.4 is 0 Å². The van der Waals surface area contributed by atoms with Crippen molar-refractivity contribution in [2.45, 2.75) is 0 Å². The molecule has 0 aromatic heterocycles. The molecule has 0 radical (unpaired) electrons. The van der Waals surface area contributed by atoms with Gasteiger partial charge in [0, 0.05) is 0 Å². The standard InChI is InChI=1S/CH2Cl2.4ClH/c2-1-3;;;;/h1H2;4*1H. The van der Waals surface area contributed by atoms with E-state index in [0.717, 1.165) is 0 Å². The van der Waals surface area contributed by atoms with Gasteiger partial charge in [0.05, 0.1) is 5.34 Å². The Morgan fingerprint density at radius 3 is 0.714 bits per heavy atom. The van der Waals surface area contributed by atoms with Crippen LogP contribution in [0.5, 0.6) is 0 Å². The molecule has 0 N–H and O–H groups in total. The van der Waals surface area contributed by atoms with Crippen molar-refractivity contribution in [3.8, 4) is 0 Å².